The number of nitrogens with one attached hydrogen (secondary N) is 1. The maximum Gasteiger partial charge on any atom is 0.221 e. The van der Waals surface area contributed by atoms with E-state index in [0.717, 1.165) is 24.0 Å². The summed E-state index contributed by atoms with van der Waals surface area (Å²) in [5, 5.41) is 3.12. The van der Waals surface area contributed by atoms with Crippen LogP contribution in [0.25, 0.3) is 0 Å². The zero-order valence-corrected chi connectivity index (χ0v) is 23.3. The van der Waals surface area contributed by atoms with Crippen molar-refractivity contribution in [1.29, 1.82) is 0 Å². The van der Waals surface area contributed by atoms with E-state index >= 15 is 0 Å². The van der Waals surface area contributed by atoms with Crippen LogP contribution in [0.3, 0.4) is 0 Å². The van der Waals surface area contributed by atoms with Crippen molar-refractivity contribution in [3.63, 3.8) is 0 Å². The lowest BCUT2D eigenvalue weighted by Crippen LogP contribution is -2.63. The number of hydrogen-bond acceptors (Lipinski definition) is 2. The molecule has 0 aliphatic carbocycles. The van der Waals surface area contributed by atoms with Crippen molar-refractivity contribution in [3.05, 3.63) is 12.2 Å². The second-order valence-electron chi connectivity index (χ2n) is 10.6. The van der Waals surface area contributed by atoms with Gasteiger partial charge in [-0.05, 0) is 32.6 Å². The average molecular weight is 477 g/mol. The monoisotopic (exact) mass is 476 g/mol. The van der Waals surface area contributed by atoms with E-state index in [0.29, 0.717) is 6.17 Å². The fourth-order valence-electron chi connectivity index (χ4n) is 5.53. The van der Waals surface area contributed by atoms with Crippen molar-refractivity contribution in [3.8, 4) is 0 Å². The molecule has 1 aliphatic heterocycles. The molecule has 0 saturated carbocycles. The third-order valence-electron chi connectivity index (χ3n) is 7.80. The molecule has 0 bridgehead atoms. The number of amides is 1. The Morgan fingerprint density at radius 2 is 1.38 bits per heavy atom. The van der Waals surface area contributed by atoms with E-state index in [4.69, 9.17) is 4.99 Å². The molecule has 1 amide bonds. The molecule has 1 N–H and O–H groups in total. The van der Waals surface area contributed by atoms with Gasteiger partial charge in [-0.3, -0.25) is 9.28 Å². The standard InChI is InChI=1S/C30H57N3O/c1-5-7-8-9-10-11-12-13-14-15-16-17-18-19-20-21-22-23-24-25-30-31-26-27-33(30,6-2)28(3)32-29(4)34/h7-8,26,28,30H,5-6,9-25,27H2,1-4H3/p+1/b8-7+. The van der Waals surface area contributed by atoms with Gasteiger partial charge in [-0.2, -0.15) is 0 Å². The molecule has 34 heavy (non-hydrogen) atoms. The number of aliphatic imine (C=N–C) groups is 1. The van der Waals surface area contributed by atoms with Gasteiger partial charge in [-0.15, -0.1) is 0 Å². The lowest BCUT2D eigenvalue weighted by atomic mass is 10.0. The Bertz CT molecular complexity index is 559. The highest BCUT2D eigenvalue weighted by molar-refractivity contribution is 5.73. The van der Waals surface area contributed by atoms with Crippen LogP contribution in [0.5, 0.6) is 0 Å². The molecule has 0 radical (unpaired) electrons. The molecule has 4 heteroatoms. The molecular weight excluding hydrogens is 418 g/mol. The fourth-order valence-corrected chi connectivity index (χ4v) is 5.53. The maximum absolute atomic E-state index is 11.6. The van der Waals surface area contributed by atoms with Crippen molar-refractivity contribution in [2.75, 3.05) is 13.1 Å². The van der Waals surface area contributed by atoms with E-state index in [-0.39, 0.29) is 12.1 Å². The quantitative estimate of drug-likeness (QED) is 0.0952. The summed E-state index contributed by atoms with van der Waals surface area (Å²) in [7, 11) is 0. The van der Waals surface area contributed by atoms with Crippen LogP contribution in [-0.4, -0.2) is 42.0 Å². The van der Waals surface area contributed by atoms with E-state index < -0.39 is 0 Å². The van der Waals surface area contributed by atoms with Crippen LogP contribution in [0.15, 0.2) is 17.1 Å². The van der Waals surface area contributed by atoms with Crippen LogP contribution < -0.4 is 5.32 Å². The normalized spacial score (nSPS) is 20.9. The minimum absolute atomic E-state index is 0.0608. The van der Waals surface area contributed by atoms with Crippen molar-refractivity contribution < 1.29 is 9.28 Å². The zero-order chi connectivity index (χ0) is 24.9. The van der Waals surface area contributed by atoms with E-state index in [1.807, 2.05) is 0 Å². The largest absolute Gasteiger partial charge is 0.307 e. The molecular formula is C30H58N3O+. The summed E-state index contributed by atoms with van der Waals surface area (Å²) >= 11 is 0. The third kappa shape index (κ3) is 13.1. The number of carbonyl (C=O) groups excluding carboxylic acids is 1. The Morgan fingerprint density at radius 3 is 1.85 bits per heavy atom. The van der Waals surface area contributed by atoms with E-state index in [1.165, 1.54) is 109 Å². The first-order valence-corrected chi connectivity index (χ1v) is 14.9. The molecule has 3 atom stereocenters. The molecule has 0 aromatic carbocycles. The Balaban J connectivity index is 1.93. The molecule has 0 fully saturated rings. The number of allylic oxidation sites excluding steroid dienone is 2. The zero-order valence-electron chi connectivity index (χ0n) is 23.3. The van der Waals surface area contributed by atoms with Gasteiger partial charge < -0.3 is 5.32 Å². The summed E-state index contributed by atoms with van der Waals surface area (Å²) in [5.74, 6) is 0.0608. The van der Waals surface area contributed by atoms with Gasteiger partial charge in [-0.25, -0.2) is 4.99 Å². The Morgan fingerprint density at radius 1 is 0.882 bits per heavy atom. The summed E-state index contributed by atoms with van der Waals surface area (Å²) in [6.07, 6.45) is 31.8. The lowest BCUT2D eigenvalue weighted by molar-refractivity contribution is -0.959. The molecule has 0 spiro atoms. The number of nitrogens with zero attached hydrogens (tertiary/aromatic N) is 2. The molecule has 0 aromatic heterocycles. The Labute approximate surface area is 212 Å². The van der Waals surface area contributed by atoms with E-state index in [9.17, 15) is 4.79 Å². The molecule has 198 valence electrons. The predicted molar refractivity (Wildman–Crippen MR) is 149 cm³/mol. The number of carbonyl (C=O) groups is 1. The van der Waals surface area contributed by atoms with Gasteiger partial charge in [0, 0.05) is 20.3 Å². The van der Waals surface area contributed by atoms with E-state index in [1.54, 1.807) is 6.92 Å². The van der Waals surface area contributed by atoms with Crippen molar-refractivity contribution in [1.82, 2.24) is 5.32 Å². The molecule has 1 rings (SSSR count). The second kappa shape index (κ2) is 20.1. The first-order chi connectivity index (χ1) is 16.6. The molecule has 0 saturated heterocycles. The summed E-state index contributed by atoms with van der Waals surface area (Å²) in [4.78, 5) is 16.4. The van der Waals surface area contributed by atoms with Crippen LogP contribution >= 0.6 is 0 Å². The van der Waals surface area contributed by atoms with Crippen LogP contribution in [0.1, 0.15) is 143 Å². The first-order valence-electron chi connectivity index (χ1n) is 14.9. The highest BCUT2D eigenvalue weighted by atomic mass is 16.1. The summed E-state index contributed by atoms with van der Waals surface area (Å²) in [5.41, 5.74) is 0. The topological polar surface area (TPSA) is 41.5 Å². The number of quaternary nitrogens is 1. The fraction of sp³-hybridized carbons (Fsp3) is 0.867. The second-order valence-corrected chi connectivity index (χ2v) is 10.6. The number of rotatable bonds is 22. The molecule has 1 heterocycles. The molecule has 3 unspecified atom stereocenters. The summed E-state index contributed by atoms with van der Waals surface area (Å²) in [6.45, 7) is 10.2. The van der Waals surface area contributed by atoms with Crippen LogP contribution in [-0.2, 0) is 4.79 Å². The van der Waals surface area contributed by atoms with Gasteiger partial charge in [0.05, 0.1) is 12.8 Å². The lowest BCUT2D eigenvalue weighted by Gasteiger charge is -2.42. The van der Waals surface area contributed by atoms with E-state index in [2.05, 4.69) is 44.5 Å². The van der Waals surface area contributed by atoms with Gasteiger partial charge in [0.1, 0.15) is 6.54 Å². The highest BCUT2D eigenvalue weighted by Crippen LogP contribution is 2.27. The third-order valence-corrected chi connectivity index (χ3v) is 7.80. The summed E-state index contributed by atoms with van der Waals surface area (Å²) < 4.78 is 0.885. The van der Waals surface area contributed by atoms with Gasteiger partial charge in [0.15, 0.2) is 12.3 Å². The SMILES string of the molecule is CC/C=C/CCCCCCCCCCCCCCCCCC1N=CC[N+]1(CC)C(C)NC(C)=O. The van der Waals surface area contributed by atoms with Gasteiger partial charge in [0.25, 0.3) is 0 Å². The van der Waals surface area contributed by atoms with Gasteiger partial charge >= 0.3 is 0 Å². The highest BCUT2D eigenvalue weighted by Gasteiger charge is 2.42. The summed E-state index contributed by atoms with van der Waals surface area (Å²) in [6, 6.07) is 0. The predicted octanol–water partition coefficient (Wildman–Crippen LogP) is 8.31. The van der Waals surface area contributed by atoms with Crippen LogP contribution in [0.2, 0.25) is 0 Å². The number of hydrogen-bond donors (Lipinski definition) is 1. The van der Waals surface area contributed by atoms with Crippen molar-refractivity contribution in [2.24, 2.45) is 4.99 Å². The average Bonchev–Trinajstić information content (AvgIpc) is 3.24. The first kappa shape index (κ1) is 30.9. The van der Waals surface area contributed by atoms with Crippen molar-refractivity contribution in [2.45, 2.75) is 156 Å². The van der Waals surface area contributed by atoms with Crippen LogP contribution in [0, 0.1) is 0 Å². The minimum Gasteiger partial charge on any atom is -0.307 e. The van der Waals surface area contributed by atoms with Gasteiger partial charge in [0.2, 0.25) is 5.91 Å². The maximum atomic E-state index is 11.6. The smallest absolute Gasteiger partial charge is 0.221 e. The Hall–Kier alpha value is -1.16. The van der Waals surface area contributed by atoms with Gasteiger partial charge in [-0.1, -0.05) is 103 Å². The van der Waals surface area contributed by atoms with Crippen molar-refractivity contribution >= 4 is 12.1 Å². The number of unbranched alkanes of at least 4 members (excludes halogenated alkanes) is 15. The Kier molecular flexibility index (Phi) is 18.2. The molecule has 4 nitrogen and oxygen atoms in total. The molecule has 1 aliphatic rings. The van der Waals surface area contributed by atoms with Crippen LogP contribution in [0.4, 0.5) is 0 Å². The minimum atomic E-state index is 0.0608. The molecule has 0 aromatic rings.